The molecule has 0 aromatic heterocycles. The molecule has 0 N–H and O–H groups in total. The molecule has 0 heteroatoms. The Labute approximate surface area is 142 Å². The molecular weight excluding hydrogens is 264 g/mol. The van der Waals surface area contributed by atoms with Crippen LogP contribution in [0.2, 0.25) is 0 Å². The third-order valence-corrected chi connectivity index (χ3v) is 5.34. The van der Waals surface area contributed by atoms with Gasteiger partial charge in [-0.2, -0.15) is 0 Å². The summed E-state index contributed by atoms with van der Waals surface area (Å²) in [5.74, 6) is 2.05. The second-order valence-corrected chi connectivity index (χ2v) is 7.50. The first-order chi connectivity index (χ1) is 10.8. The van der Waals surface area contributed by atoms with Gasteiger partial charge in [-0.05, 0) is 11.8 Å². The van der Waals surface area contributed by atoms with Crippen LogP contribution in [-0.2, 0) is 0 Å². The third kappa shape index (κ3) is 12.5. The molecule has 0 nitrogen and oxygen atoms in total. The lowest BCUT2D eigenvalue weighted by Gasteiger charge is -2.27. The molecule has 134 valence electrons. The molecule has 0 amide bonds. The van der Waals surface area contributed by atoms with Crippen molar-refractivity contribution >= 4 is 0 Å². The lowest BCUT2D eigenvalue weighted by atomic mass is 9.79. The van der Waals surface area contributed by atoms with Gasteiger partial charge in [-0.25, -0.2) is 0 Å². The third-order valence-electron chi connectivity index (χ3n) is 5.34. The molecule has 0 aliphatic heterocycles. The molecule has 0 aromatic rings. The van der Waals surface area contributed by atoms with Gasteiger partial charge in [0.05, 0.1) is 0 Å². The SMILES string of the molecule is CCCCCCCCCCC(CCC)C(CCC)CCCC. The maximum atomic E-state index is 2.38. The van der Waals surface area contributed by atoms with E-state index >= 15 is 0 Å². The topological polar surface area (TPSA) is 0 Å². The molecule has 0 aliphatic carbocycles. The standard InChI is InChI=1S/C22H46/c1-5-9-11-12-13-14-15-16-20-22(18-8-4)21(17-7-3)19-10-6-2/h21-22H,5-20H2,1-4H3. The van der Waals surface area contributed by atoms with Crippen LogP contribution in [0.25, 0.3) is 0 Å². The zero-order valence-electron chi connectivity index (χ0n) is 16.5. The highest BCUT2D eigenvalue weighted by molar-refractivity contribution is 4.70. The van der Waals surface area contributed by atoms with Gasteiger partial charge in [0.15, 0.2) is 0 Å². The molecule has 0 fully saturated rings. The van der Waals surface area contributed by atoms with E-state index in [4.69, 9.17) is 0 Å². The van der Waals surface area contributed by atoms with E-state index in [1.165, 1.54) is 103 Å². The Morgan fingerprint density at radius 1 is 0.364 bits per heavy atom. The Morgan fingerprint density at radius 3 is 1.23 bits per heavy atom. The number of rotatable bonds is 17. The number of hydrogen-bond donors (Lipinski definition) is 0. The zero-order chi connectivity index (χ0) is 16.5. The van der Waals surface area contributed by atoms with Crippen LogP contribution in [0.5, 0.6) is 0 Å². The fraction of sp³-hybridized carbons (Fsp3) is 1.00. The zero-order valence-corrected chi connectivity index (χ0v) is 16.5. The van der Waals surface area contributed by atoms with Gasteiger partial charge in [-0.15, -0.1) is 0 Å². The molecule has 0 spiro atoms. The minimum absolute atomic E-state index is 1.02. The maximum Gasteiger partial charge on any atom is -0.0386 e. The molecule has 0 rings (SSSR count). The summed E-state index contributed by atoms with van der Waals surface area (Å²) in [6, 6.07) is 0. The van der Waals surface area contributed by atoms with Gasteiger partial charge in [0, 0.05) is 0 Å². The summed E-state index contributed by atoms with van der Waals surface area (Å²) in [5, 5.41) is 0. The Balaban J connectivity index is 3.89. The van der Waals surface area contributed by atoms with Crippen LogP contribution in [0.1, 0.15) is 130 Å². The molecule has 0 bridgehead atoms. The maximum absolute atomic E-state index is 2.38. The van der Waals surface area contributed by atoms with E-state index in [9.17, 15) is 0 Å². The molecule has 0 saturated carbocycles. The summed E-state index contributed by atoms with van der Waals surface area (Å²) in [4.78, 5) is 0. The van der Waals surface area contributed by atoms with Crippen molar-refractivity contribution in [3.8, 4) is 0 Å². The Hall–Kier alpha value is 0. The molecule has 2 unspecified atom stereocenters. The van der Waals surface area contributed by atoms with Crippen molar-refractivity contribution in [1.82, 2.24) is 0 Å². The van der Waals surface area contributed by atoms with Gasteiger partial charge in [0.25, 0.3) is 0 Å². The minimum atomic E-state index is 1.02. The van der Waals surface area contributed by atoms with Crippen molar-refractivity contribution < 1.29 is 0 Å². The number of unbranched alkanes of at least 4 members (excludes halogenated alkanes) is 8. The Kier molecular flexibility index (Phi) is 17.4. The van der Waals surface area contributed by atoms with Crippen molar-refractivity contribution in [2.45, 2.75) is 130 Å². The summed E-state index contributed by atoms with van der Waals surface area (Å²) in [7, 11) is 0. The molecule has 0 aliphatic rings. The van der Waals surface area contributed by atoms with E-state index in [0.29, 0.717) is 0 Å². The first-order valence-corrected chi connectivity index (χ1v) is 10.8. The average Bonchev–Trinajstić information content (AvgIpc) is 2.53. The predicted octanol–water partition coefficient (Wildman–Crippen LogP) is 8.54. The van der Waals surface area contributed by atoms with Crippen LogP contribution in [0.3, 0.4) is 0 Å². The van der Waals surface area contributed by atoms with Crippen LogP contribution in [0, 0.1) is 11.8 Å². The fourth-order valence-electron chi connectivity index (χ4n) is 3.98. The second-order valence-electron chi connectivity index (χ2n) is 7.50. The van der Waals surface area contributed by atoms with Crippen molar-refractivity contribution in [2.75, 3.05) is 0 Å². The van der Waals surface area contributed by atoms with Crippen molar-refractivity contribution in [3.05, 3.63) is 0 Å². The first-order valence-electron chi connectivity index (χ1n) is 10.8. The van der Waals surface area contributed by atoms with Gasteiger partial charge in [-0.1, -0.05) is 130 Å². The minimum Gasteiger partial charge on any atom is -0.0654 e. The first kappa shape index (κ1) is 22.0. The van der Waals surface area contributed by atoms with Crippen LogP contribution in [0.15, 0.2) is 0 Å². The monoisotopic (exact) mass is 310 g/mol. The predicted molar refractivity (Wildman–Crippen MR) is 104 cm³/mol. The van der Waals surface area contributed by atoms with Crippen LogP contribution in [-0.4, -0.2) is 0 Å². The fourth-order valence-corrected chi connectivity index (χ4v) is 3.98. The Bertz CT molecular complexity index is 196. The van der Waals surface area contributed by atoms with Crippen LogP contribution in [0.4, 0.5) is 0 Å². The summed E-state index contributed by atoms with van der Waals surface area (Å²) in [6.07, 6.45) is 23.2. The summed E-state index contributed by atoms with van der Waals surface area (Å²) in [6.45, 7) is 9.40. The highest BCUT2D eigenvalue weighted by Crippen LogP contribution is 2.31. The van der Waals surface area contributed by atoms with E-state index in [2.05, 4.69) is 27.7 Å². The molecule has 0 heterocycles. The van der Waals surface area contributed by atoms with Crippen molar-refractivity contribution in [2.24, 2.45) is 11.8 Å². The van der Waals surface area contributed by atoms with E-state index in [0.717, 1.165) is 11.8 Å². The highest BCUT2D eigenvalue weighted by Gasteiger charge is 2.19. The highest BCUT2D eigenvalue weighted by atomic mass is 14.2. The molecule has 2 atom stereocenters. The van der Waals surface area contributed by atoms with Crippen LogP contribution >= 0.6 is 0 Å². The van der Waals surface area contributed by atoms with E-state index in [1.54, 1.807) is 0 Å². The molecule has 0 aromatic carbocycles. The van der Waals surface area contributed by atoms with E-state index in [-0.39, 0.29) is 0 Å². The van der Waals surface area contributed by atoms with Gasteiger partial charge in [-0.3, -0.25) is 0 Å². The number of hydrogen-bond acceptors (Lipinski definition) is 0. The second kappa shape index (κ2) is 17.4. The molecule has 0 radical (unpaired) electrons. The van der Waals surface area contributed by atoms with Gasteiger partial charge in [0.2, 0.25) is 0 Å². The lowest BCUT2D eigenvalue weighted by molar-refractivity contribution is 0.247. The summed E-state index contributed by atoms with van der Waals surface area (Å²) >= 11 is 0. The quantitative estimate of drug-likeness (QED) is 0.236. The Morgan fingerprint density at radius 2 is 0.773 bits per heavy atom. The molecular formula is C22H46. The van der Waals surface area contributed by atoms with E-state index < -0.39 is 0 Å². The smallest absolute Gasteiger partial charge is 0.0386 e. The lowest BCUT2D eigenvalue weighted by Crippen LogP contribution is -2.15. The van der Waals surface area contributed by atoms with E-state index in [1.807, 2.05) is 0 Å². The van der Waals surface area contributed by atoms with Crippen molar-refractivity contribution in [3.63, 3.8) is 0 Å². The average molecular weight is 311 g/mol. The normalized spacial score (nSPS) is 14.2. The molecule has 22 heavy (non-hydrogen) atoms. The van der Waals surface area contributed by atoms with Gasteiger partial charge >= 0.3 is 0 Å². The van der Waals surface area contributed by atoms with Crippen LogP contribution < -0.4 is 0 Å². The van der Waals surface area contributed by atoms with Crippen molar-refractivity contribution in [1.29, 1.82) is 0 Å². The van der Waals surface area contributed by atoms with Gasteiger partial charge in [0.1, 0.15) is 0 Å². The summed E-state index contributed by atoms with van der Waals surface area (Å²) < 4.78 is 0. The molecule has 0 saturated heterocycles. The summed E-state index contributed by atoms with van der Waals surface area (Å²) in [5.41, 5.74) is 0. The largest absolute Gasteiger partial charge is 0.0654 e. The van der Waals surface area contributed by atoms with Gasteiger partial charge < -0.3 is 0 Å².